The van der Waals surface area contributed by atoms with E-state index in [4.69, 9.17) is 23.2 Å². The van der Waals surface area contributed by atoms with Crippen molar-refractivity contribution in [1.29, 1.82) is 0 Å². The third-order valence-corrected chi connectivity index (χ3v) is 2.76. The van der Waals surface area contributed by atoms with Crippen molar-refractivity contribution in [3.05, 3.63) is 39.8 Å². The van der Waals surface area contributed by atoms with Crippen molar-refractivity contribution >= 4 is 34.1 Å². The summed E-state index contributed by atoms with van der Waals surface area (Å²) in [6, 6.07) is 5.04. The number of hydrogen-bond donors (Lipinski definition) is 0. The summed E-state index contributed by atoms with van der Waals surface area (Å²) in [5.41, 5.74) is 0.996. The van der Waals surface area contributed by atoms with Crippen LogP contribution in [-0.4, -0.2) is 4.98 Å². The fourth-order valence-electron chi connectivity index (χ4n) is 1.32. The summed E-state index contributed by atoms with van der Waals surface area (Å²) in [7, 11) is 0. The summed E-state index contributed by atoms with van der Waals surface area (Å²) in [6.07, 6.45) is 0. The van der Waals surface area contributed by atoms with Crippen LogP contribution >= 0.6 is 23.2 Å². The van der Waals surface area contributed by atoms with Crippen LogP contribution in [0.2, 0.25) is 10.0 Å². The first kappa shape index (κ1) is 9.69. The molecule has 0 bridgehead atoms. The van der Waals surface area contributed by atoms with E-state index in [0.717, 1.165) is 0 Å². The summed E-state index contributed by atoms with van der Waals surface area (Å²) < 4.78 is 13.7. The van der Waals surface area contributed by atoms with E-state index in [0.29, 0.717) is 16.2 Å². The minimum atomic E-state index is -0.500. The monoisotopic (exact) mass is 229 g/mol. The molecule has 0 saturated heterocycles. The third-order valence-electron chi connectivity index (χ3n) is 2.01. The second-order valence-corrected chi connectivity index (χ2v) is 3.74. The maximum Gasteiger partial charge on any atom is 0.154 e. The first-order chi connectivity index (χ1) is 6.61. The quantitative estimate of drug-likeness (QED) is 0.666. The van der Waals surface area contributed by atoms with Crippen molar-refractivity contribution in [2.75, 3.05) is 0 Å². The van der Waals surface area contributed by atoms with Gasteiger partial charge in [-0.05, 0) is 19.1 Å². The molecule has 0 spiro atoms. The summed E-state index contributed by atoms with van der Waals surface area (Å²) >= 11 is 11.6. The highest BCUT2D eigenvalue weighted by atomic mass is 35.5. The molecule has 72 valence electrons. The third kappa shape index (κ3) is 1.35. The lowest BCUT2D eigenvalue weighted by molar-refractivity contribution is 0.637. The van der Waals surface area contributed by atoms with E-state index < -0.39 is 5.82 Å². The van der Waals surface area contributed by atoms with E-state index in [1.165, 1.54) is 0 Å². The number of fused-ring (bicyclic) bond motifs is 1. The fraction of sp³-hybridized carbons (Fsp3) is 0.100. The summed E-state index contributed by atoms with van der Waals surface area (Å²) in [6.45, 7) is 1.66. The van der Waals surface area contributed by atoms with Gasteiger partial charge in [0, 0.05) is 0 Å². The Morgan fingerprint density at radius 1 is 1.29 bits per heavy atom. The number of nitrogens with zero attached hydrogens (tertiary/aromatic N) is 1. The SMILES string of the molecule is Cc1nc2cccc(Cl)c2c(F)c1Cl. The van der Waals surface area contributed by atoms with Crippen molar-refractivity contribution in [2.24, 2.45) is 0 Å². The van der Waals surface area contributed by atoms with Gasteiger partial charge in [-0.3, -0.25) is 4.98 Å². The van der Waals surface area contributed by atoms with E-state index in [1.54, 1.807) is 25.1 Å². The molecule has 1 heterocycles. The zero-order valence-corrected chi connectivity index (χ0v) is 8.83. The van der Waals surface area contributed by atoms with Crippen LogP contribution in [0.25, 0.3) is 10.9 Å². The lowest BCUT2D eigenvalue weighted by atomic mass is 10.2. The Labute approximate surface area is 90.5 Å². The van der Waals surface area contributed by atoms with Crippen LogP contribution in [0, 0.1) is 12.7 Å². The van der Waals surface area contributed by atoms with Gasteiger partial charge in [-0.1, -0.05) is 29.3 Å². The van der Waals surface area contributed by atoms with Gasteiger partial charge in [-0.15, -0.1) is 0 Å². The number of aromatic nitrogens is 1. The van der Waals surface area contributed by atoms with E-state index in [-0.39, 0.29) is 10.4 Å². The lowest BCUT2D eigenvalue weighted by Crippen LogP contribution is -1.91. The number of aryl methyl sites for hydroxylation is 1. The topological polar surface area (TPSA) is 12.9 Å². The molecule has 1 nitrogen and oxygen atoms in total. The van der Waals surface area contributed by atoms with E-state index in [9.17, 15) is 4.39 Å². The van der Waals surface area contributed by atoms with Gasteiger partial charge in [0.2, 0.25) is 0 Å². The molecule has 0 aliphatic carbocycles. The summed E-state index contributed by atoms with van der Waals surface area (Å²) in [4.78, 5) is 4.14. The Hall–Kier alpha value is -0.860. The molecule has 0 atom stereocenters. The minimum Gasteiger partial charge on any atom is -0.251 e. The normalized spacial score (nSPS) is 10.9. The van der Waals surface area contributed by atoms with E-state index >= 15 is 0 Å². The molecule has 0 aliphatic rings. The second-order valence-electron chi connectivity index (χ2n) is 2.96. The molecule has 0 radical (unpaired) electrons. The lowest BCUT2D eigenvalue weighted by Gasteiger charge is -2.05. The van der Waals surface area contributed by atoms with Crippen LogP contribution in [0.4, 0.5) is 4.39 Å². The highest BCUT2D eigenvalue weighted by Gasteiger charge is 2.12. The van der Waals surface area contributed by atoms with Crippen LogP contribution in [0.1, 0.15) is 5.69 Å². The molecule has 14 heavy (non-hydrogen) atoms. The molecule has 2 aromatic rings. The highest BCUT2D eigenvalue weighted by molar-refractivity contribution is 6.37. The average Bonchev–Trinajstić information content (AvgIpc) is 2.14. The molecule has 0 aliphatic heterocycles. The zero-order valence-electron chi connectivity index (χ0n) is 7.31. The first-order valence-corrected chi connectivity index (χ1v) is 4.76. The number of benzene rings is 1. The minimum absolute atomic E-state index is 0.0330. The fourth-order valence-corrected chi connectivity index (χ4v) is 1.71. The summed E-state index contributed by atoms with van der Waals surface area (Å²) in [5.74, 6) is -0.500. The van der Waals surface area contributed by atoms with Gasteiger partial charge in [0.15, 0.2) is 5.82 Å². The van der Waals surface area contributed by atoms with Crippen LogP contribution in [-0.2, 0) is 0 Å². The Kier molecular flexibility index (Phi) is 2.33. The Bertz CT molecular complexity index is 511. The molecule has 0 N–H and O–H groups in total. The molecule has 0 fully saturated rings. The zero-order chi connectivity index (χ0) is 10.3. The molecular formula is C10H6Cl2FN. The molecule has 1 aromatic carbocycles. The Morgan fingerprint density at radius 3 is 2.71 bits per heavy atom. The molecule has 1 aromatic heterocycles. The van der Waals surface area contributed by atoms with Gasteiger partial charge in [0.05, 0.1) is 26.6 Å². The maximum absolute atomic E-state index is 13.7. The van der Waals surface area contributed by atoms with Crippen molar-refractivity contribution in [2.45, 2.75) is 6.92 Å². The smallest absolute Gasteiger partial charge is 0.154 e. The summed E-state index contributed by atoms with van der Waals surface area (Å²) in [5, 5.41) is 0.643. The second kappa shape index (κ2) is 3.37. The molecule has 0 unspecified atom stereocenters. The number of pyridine rings is 1. The van der Waals surface area contributed by atoms with Gasteiger partial charge in [0.25, 0.3) is 0 Å². The Morgan fingerprint density at radius 2 is 2.00 bits per heavy atom. The predicted octanol–water partition coefficient (Wildman–Crippen LogP) is 3.99. The maximum atomic E-state index is 13.7. The molecule has 4 heteroatoms. The molecule has 0 amide bonds. The molecule has 2 rings (SSSR count). The largest absolute Gasteiger partial charge is 0.251 e. The first-order valence-electron chi connectivity index (χ1n) is 4.01. The van der Waals surface area contributed by atoms with Crippen molar-refractivity contribution in [3.8, 4) is 0 Å². The van der Waals surface area contributed by atoms with Crippen LogP contribution in [0.5, 0.6) is 0 Å². The molecule has 0 saturated carbocycles. The van der Waals surface area contributed by atoms with Gasteiger partial charge in [0.1, 0.15) is 0 Å². The van der Waals surface area contributed by atoms with Crippen molar-refractivity contribution < 1.29 is 4.39 Å². The van der Waals surface area contributed by atoms with Gasteiger partial charge in [-0.2, -0.15) is 0 Å². The van der Waals surface area contributed by atoms with Gasteiger partial charge >= 0.3 is 0 Å². The molecular weight excluding hydrogens is 224 g/mol. The van der Waals surface area contributed by atoms with Crippen LogP contribution in [0.3, 0.4) is 0 Å². The average molecular weight is 230 g/mol. The van der Waals surface area contributed by atoms with Crippen LogP contribution < -0.4 is 0 Å². The van der Waals surface area contributed by atoms with Gasteiger partial charge in [-0.25, -0.2) is 4.39 Å². The van der Waals surface area contributed by atoms with Crippen molar-refractivity contribution in [3.63, 3.8) is 0 Å². The predicted molar refractivity (Wildman–Crippen MR) is 56.5 cm³/mol. The standard InChI is InChI=1S/C10H6Cl2FN/c1-5-9(12)10(13)8-6(11)3-2-4-7(8)14-5/h2-4H,1H3. The Balaban J connectivity index is 2.99. The van der Waals surface area contributed by atoms with E-state index in [2.05, 4.69) is 4.98 Å². The van der Waals surface area contributed by atoms with Crippen molar-refractivity contribution in [1.82, 2.24) is 4.98 Å². The highest BCUT2D eigenvalue weighted by Crippen LogP contribution is 2.30. The van der Waals surface area contributed by atoms with E-state index in [1.807, 2.05) is 0 Å². The number of rotatable bonds is 0. The van der Waals surface area contributed by atoms with Gasteiger partial charge < -0.3 is 0 Å². The number of hydrogen-bond acceptors (Lipinski definition) is 1. The van der Waals surface area contributed by atoms with Crippen LogP contribution in [0.15, 0.2) is 18.2 Å². The number of halogens is 3.